The number of carbonyl (C=O) groups is 2. The number of nitrogens with two attached hydrogens (primary N) is 1. The van der Waals surface area contributed by atoms with Gasteiger partial charge in [-0.05, 0) is 37.3 Å². The highest BCUT2D eigenvalue weighted by Crippen LogP contribution is 2.28. The molecule has 0 unspecified atom stereocenters. The maximum absolute atomic E-state index is 12.1. The Kier molecular flexibility index (Phi) is 5.89. The van der Waals surface area contributed by atoms with Crippen LogP contribution in [-0.2, 0) is 9.59 Å². The van der Waals surface area contributed by atoms with E-state index in [0.717, 1.165) is 43.2 Å². The fourth-order valence-corrected chi connectivity index (χ4v) is 3.92. The molecule has 0 bridgehead atoms. The fraction of sp³-hybridized carbons (Fsp3) is 0.632. The number of nitrogens with one attached hydrogen (secondary N) is 1. The molecule has 3 N–H and O–H groups in total. The average Bonchev–Trinajstić information content (AvgIpc) is 3.14. The van der Waals surface area contributed by atoms with E-state index in [9.17, 15) is 9.59 Å². The van der Waals surface area contributed by atoms with Crippen LogP contribution in [0.1, 0.15) is 51.4 Å². The summed E-state index contributed by atoms with van der Waals surface area (Å²) >= 11 is 0. The summed E-state index contributed by atoms with van der Waals surface area (Å²) in [4.78, 5) is 30.0. The number of nitrogens with zero attached hydrogens (tertiary/aromatic N) is 2. The van der Waals surface area contributed by atoms with Crippen molar-refractivity contribution in [3.63, 3.8) is 0 Å². The second-order valence-electron chi connectivity index (χ2n) is 7.33. The highest BCUT2D eigenvalue weighted by molar-refractivity contribution is 5.90. The third-order valence-electron chi connectivity index (χ3n) is 5.43. The van der Waals surface area contributed by atoms with Crippen molar-refractivity contribution in [3.8, 4) is 0 Å². The largest absolute Gasteiger partial charge is 0.369 e. The standard InChI is InChI=1S/C19H28N4O2/c20-19(25)15-6-3-11-23(13-15)17-9-8-16(12-21-17)22-18(24)10-7-14-4-1-2-5-14/h8-9,12,14-15H,1-7,10-11,13H2,(H2,20,25)(H,22,24)/t15-/m1/s1. The number of aromatic nitrogens is 1. The average molecular weight is 344 g/mol. The Morgan fingerprint density at radius 3 is 2.68 bits per heavy atom. The lowest BCUT2D eigenvalue weighted by Crippen LogP contribution is -2.41. The molecule has 1 aliphatic heterocycles. The Bertz CT molecular complexity index is 596. The van der Waals surface area contributed by atoms with Crippen molar-refractivity contribution in [2.24, 2.45) is 17.6 Å². The number of hydrogen-bond acceptors (Lipinski definition) is 4. The van der Waals surface area contributed by atoms with Gasteiger partial charge in [0.25, 0.3) is 0 Å². The van der Waals surface area contributed by atoms with E-state index in [4.69, 9.17) is 5.73 Å². The van der Waals surface area contributed by atoms with E-state index < -0.39 is 0 Å². The molecule has 0 spiro atoms. The molecule has 2 amide bonds. The first-order valence-corrected chi connectivity index (χ1v) is 9.42. The minimum absolute atomic E-state index is 0.0632. The monoisotopic (exact) mass is 344 g/mol. The van der Waals surface area contributed by atoms with E-state index >= 15 is 0 Å². The SMILES string of the molecule is NC(=O)[C@@H]1CCCN(c2ccc(NC(=O)CCC3CCCC3)cn2)C1. The summed E-state index contributed by atoms with van der Waals surface area (Å²) in [5.41, 5.74) is 6.15. The van der Waals surface area contributed by atoms with Crippen molar-refractivity contribution in [1.29, 1.82) is 0 Å². The summed E-state index contributed by atoms with van der Waals surface area (Å²) < 4.78 is 0. The Labute approximate surface area is 149 Å². The van der Waals surface area contributed by atoms with Gasteiger partial charge in [0, 0.05) is 19.5 Å². The molecule has 2 aliphatic rings. The van der Waals surface area contributed by atoms with Gasteiger partial charge in [-0.2, -0.15) is 0 Å². The molecule has 6 nitrogen and oxygen atoms in total. The predicted octanol–water partition coefficient (Wildman–Crippen LogP) is 2.69. The molecule has 1 atom stereocenters. The minimum atomic E-state index is -0.240. The molecule has 1 saturated heterocycles. The van der Waals surface area contributed by atoms with Crippen LogP contribution in [0.15, 0.2) is 18.3 Å². The number of carbonyl (C=O) groups excluding carboxylic acids is 2. The normalized spacial score (nSPS) is 21.3. The topological polar surface area (TPSA) is 88.3 Å². The molecule has 1 saturated carbocycles. The van der Waals surface area contributed by atoms with Gasteiger partial charge in [0.2, 0.25) is 11.8 Å². The molecule has 0 radical (unpaired) electrons. The van der Waals surface area contributed by atoms with Gasteiger partial charge in [-0.25, -0.2) is 4.98 Å². The van der Waals surface area contributed by atoms with Gasteiger partial charge in [0.15, 0.2) is 0 Å². The smallest absolute Gasteiger partial charge is 0.224 e. The number of pyridine rings is 1. The Hall–Kier alpha value is -2.11. The molecule has 3 rings (SSSR count). The van der Waals surface area contributed by atoms with Gasteiger partial charge in [-0.3, -0.25) is 9.59 Å². The molecular weight excluding hydrogens is 316 g/mol. The first-order chi connectivity index (χ1) is 12.1. The van der Waals surface area contributed by atoms with Crippen LogP contribution in [0.25, 0.3) is 0 Å². The van der Waals surface area contributed by atoms with Crippen LogP contribution in [0.5, 0.6) is 0 Å². The first kappa shape index (κ1) is 17.7. The van der Waals surface area contributed by atoms with Crippen LogP contribution in [-0.4, -0.2) is 29.9 Å². The number of anilines is 2. The van der Waals surface area contributed by atoms with Gasteiger partial charge < -0.3 is 16.0 Å². The van der Waals surface area contributed by atoms with Gasteiger partial charge in [0.05, 0.1) is 17.8 Å². The lowest BCUT2D eigenvalue weighted by Gasteiger charge is -2.32. The van der Waals surface area contributed by atoms with Crippen LogP contribution in [0, 0.1) is 11.8 Å². The van der Waals surface area contributed by atoms with Gasteiger partial charge in [0.1, 0.15) is 5.82 Å². The first-order valence-electron chi connectivity index (χ1n) is 9.42. The van der Waals surface area contributed by atoms with Crippen LogP contribution in [0.2, 0.25) is 0 Å². The zero-order valence-corrected chi connectivity index (χ0v) is 14.7. The summed E-state index contributed by atoms with van der Waals surface area (Å²) in [6.07, 6.45) is 10.2. The van der Waals surface area contributed by atoms with Crippen molar-refractivity contribution >= 4 is 23.3 Å². The summed E-state index contributed by atoms with van der Waals surface area (Å²) in [7, 11) is 0. The van der Waals surface area contributed by atoms with Gasteiger partial charge in [-0.1, -0.05) is 25.7 Å². The van der Waals surface area contributed by atoms with Gasteiger partial charge in [-0.15, -0.1) is 0 Å². The summed E-state index contributed by atoms with van der Waals surface area (Å²) in [5.74, 6) is 1.27. The molecule has 136 valence electrons. The zero-order valence-electron chi connectivity index (χ0n) is 14.7. The van der Waals surface area contributed by atoms with Crippen molar-refractivity contribution in [1.82, 2.24) is 4.98 Å². The molecule has 1 aromatic rings. The quantitative estimate of drug-likeness (QED) is 0.830. The Morgan fingerprint density at radius 2 is 2.00 bits per heavy atom. The van der Waals surface area contributed by atoms with Crippen molar-refractivity contribution < 1.29 is 9.59 Å². The molecule has 1 aliphatic carbocycles. The van der Waals surface area contributed by atoms with Crippen molar-refractivity contribution in [2.75, 3.05) is 23.3 Å². The molecular formula is C19H28N4O2. The van der Waals surface area contributed by atoms with E-state index in [2.05, 4.69) is 15.2 Å². The van der Waals surface area contributed by atoms with Gasteiger partial charge >= 0.3 is 0 Å². The Morgan fingerprint density at radius 1 is 1.20 bits per heavy atom. The maximum atomic E-state index is 12.1. The van der Waals surface area contributed by atoms with E-state index in [1.54, 1.807) is 6.20 Å². The fourth-order valence-electron chi connectivity index (χ4n) is 3.92. The number of primary amides is 1. The van der Waals surface area contributed by atoms with Crippen molar-refractivity contribution in [2.45, 2.75) is 51.4 Å². The highest BCUT2D eigenvalue weighted by atomic mass is 16.2. The van der Waals surface area contributed by atoms with E-state index in [0.29, 0.717) is 13.0 Å². The predicted molar refractivity (Wildman–Crippen MR) is 98.2 cm³/mol. The van der Waals surface area contributed by atoms with Crippen LogP contribution < -0.4 is 16.0 Å². The second-order valence-corrected chi connectivity index (χ2v) is 7.33. The summed E-state index contributed by atoms with van der Waals surface area (Å²) in [6, 6.07) is 3.78. The molecule has 6 heteroatoms. The highest BCUT2D eigenvalue weighted by Gasteiger charge is 2.24. The van der Waals surface area contributed by atoms with Crippen LogP contribution in [0.4, 0.5) is 11.5 Å². The lowest BCUT2D eigenvalue weighted by molar-refractivity contribution is -0.122. The lowest BCUT2D eigenvalue weighted by atomic mass is 9.97. The summed E-state index contributed by atoms with van der Waals surface area (Å²) in [5, 5.41) is 2.93. The van der Waals surface area contributed by atoms with Crippen molar-refractivity contribution in [3.05, 3.63) is 18.3 Å². The van der Waals surface area contributed by atoms with Crippen LogP contribution >= 0.6 is 0 Å². The second kappa shape index (κ2) is 8.32. The zero-order chi connectivity index (χ0) is 17.6. The van der Waals surface area contributed by atoms with E-state index in [-0.39, 0.29) is 17.7 Å². The minimum Gasteiger partial charge on any atom is -0.369 e. The van der Waals surface area contributed by atoms with Crippen LogP contribution in [0.3, 0.4) is 0 Å². The number of hydrogen-bond donors (Lipinski definition) is 2. The third-order valence-corrected chi connectivity index (χ3v) is 5.43. The third kappa shape index (κ3) is 4.94. The molecule has 2 heterocycles. The number of amides is 2. The molecule has 25 heavy (non-hydrogen) atoms. The number of piperidine rings is 1. The number of rotatable bonds is 6. The molecule has 2 fully saturated rings. The van der Waals surface area contributed by atoms with E-state index in [1.165, 1.54) is 25.7 Å². The maximum Gasteiger partial charge on any atom is 0.224 e. The van der Waals surface area contributed by atoms with E-state index in [1.807, 2.05) is 12.1 Å². The Balaban J connectivity index is 1.49. The summed E-state index contributed by atoms with van der Waals surface area (Å²) in [6.45, 7) is 1.50. The molecule has 1 aromatic heterocycles. The molecule has 0 aromatic carbocycles.